The second-order valence-corrected chi connectivity index (χ2v) is 6.99. The van der Waals surface area contributed by atoms with E-state index in [1.165, 1.54) is 10.8 Å². The van der Waals surface area contributed by atoms with Gasteiger partial charge in [-0.2, -0.15) is 0 Å². The van der Waals surface area contributed by atoms with E-state index in [1.807, 2.05) is 13.0 Å². The Balaban J connectivity index is 2.33. The summed E-state index contributed by atoms with van der Waals surface area (Å²) in [4.78, 5) is 19.6. The molecule has 4 rings (SSSR count). The van der Waals surface area contributed by atoms with Crippen LogP contribution in [0.5, 0.6) is 0 Å². The van der Waals surface area contributed by atoms with Gasteiger partial charge in [0.25, 0.3) is 0 Å². The van der Waals surface area contributed by atoms with Crippen LogP contribution in [0.3, 0.4) is 0 Å². The largest absolute Gasteiger partial charge is 0.358 e. The van der Waals surface area contributed by atoms with E-state index in [4.69, 9.17) is 0 Å². The van der Waals surface area contributed by atoms with Crippen molar-refractivity contribution in [1.29, 1.82) is 0 Å². The number of halogens is 1. The summed E-state index contributed by atoms with van der Waals surface area (Å²) in [6.45, 7) is 6.17. The van der Waals surface area contributed by atoms with Crippen molar-refractivity contribution < 1.29 is 0 Å². The van der Waals surface area contributed by atoms with Crippen LogP contribution in [0.25, 0.3) is 32.7 Å². The molecular formula is C19H17BrN2O. The van der Waals surface area contributed by atoms with E-state index in [0.29, 0.717) is 0 Å². The molecule has 0 aliphatic heterocycles. The van der Waals surface area contributed by atoms with E-state index in [1.54, 1.807) is 6.07 Å². The summed E-state index contributed by atoms with van der Waals surface area (Å²) in [5.74, 6) is 0. The molecule has 0 saturated heterocycles. The number of hydrogen-bond donors (Lipinski definition) is 2. The standard InChI is InChI=1S/C19H17BrN2O/c1-4-12-8-15(23)17-10(3)18-16(9(2)19(17)21-12)13-7-11(20)5-6-14(13)22-18/h5-8,22H,4H2,1-3H3,(H,21,23). The number of aryl methyl sites for hydroxylation is 3. The summed E-state index contributed by atoms with van der Waals surface area (Å²) in [6.07, 6.45) is 0.821. The first-order chi connectivity index (χ1) is 11.0. The summed E-state index contributed by atoms with van der Waals surface area (Å²) in [5, 5.41) is 3.16. The highest BCUT2D eigenvalue weighted by Gasteiger charge is 2.16. The van der Waals surface area contributed by atoms with Gasteiger partial charge < -0.3 is 9.97 Å². The van der Waals surface area contributed by atoms with Gasteiger partial charge >= 0.3 is 0 Å². The predicted octanol–water partition coefficient (Wildman–Crippen LogP) is 5.10. The number of rotatable bonds is 1. The molecule has 0 fully saturated rings. The number of pyridine rings is 1. The lowest BCUT2D eigenvalue weighted by atomic mass is 9.98. The molecular weight excluding hydrogens is 352 g/mol. The van der Waals surface area contributed by atoms with E-state index in [0.717, 1.165) is 49.7 Å². The molecule has 0 bridgehead atoms. The molecule has 2 heterocycles. The molecule has 0 aliphatic rings. The summed E-state index contributed by atoms with van der Waals surface area (Å²) in [7, 11) is 0. The lowest BCUT2D eigenvalue weighted by Gasteiger charge is -2.10. The van der Waals surface area contributed by atoms with Crippen molar-refractivity contribution >= 4 is 48.6 Å². The van der Waals surface area contributed by atoms with Crippen molar-refractivity contribution in [3.8, 4) is 0 Å². The molecule has 0 aliphatic carbocycles. The van der Waals surface area contributed by atoms with Crippen molar-refractivity contribution in [3.05, 3.63) is 55.8 Å². The van der Waals surface area contributed by atoms with Crippen LogP contribution in [0.2, 0.25) is 0 Å². The van der Waals surface area contributed by atoms with Crippen molar-refractivity contribution in [2.75, 3.05) is 0 Å². The van der Waals surface area contributed by atoms with Crippen LogP contribution in [0, 0.1) is 13.8 Å². The molecule has 2 N–H and O–H groups in total. The molecule has 4 heteroatoms. The third-order valence-electron chi connectivity index (χ3n) is 4.73. The highest BCUT2D eigenvalue weighted by atomic mass is 79.9. The fraction of sp³-hybridized carbons (Fsp3) is 0.211. The first-order valence-corrected chi connectivity index (χ1v) is 8.56. The zero-order valence-corrected chi connectivity index (χ0v) is 14.9. The van der Waals surface area contributed by atoms with E-state index >= 15 is 0 Å². The minimum atomic E-state index is 0.0953. The average Bonchev–Trinajstić information content (AvgIpc) is 2.91. The normalized spacial score (nSPS) is 11.8. The lowest BCUT2D eigenvalue weighted by molar-refractivity contribution is 1.05. The van der Waals surface area contributed by atoms with Gasteiger partial charge in [-0.15, -0.1) is 0 Å². The first kappa shape index (κ1) is 14.5. The molecule has 0 saturated carbocycles. The second kappa shape index (κ2) is 4.96. The van der Waals surface area contributed by atoms with Crippen molar-refractivity contribution in [2.45, 2.75) is 27.2 Å². The van der Waals surface area contributed by atoms with Gasteiger partial charge in [0.05, 0.1) is 16.4 Å². The molecule has 0 atom stereocenters. The minimum absolute atomic E-state index is 0.0953. The number of aromatic nitrogens is 2. The molecule has 3 nitrogen and oxygen atoms in total. The van der Waals surface area contributed by atoms with Gasteiger partial charge in [-0.05, 0) is 49.6 Å². The van der Waals surface area contributed by atoms with Gasteiger partial charge in [-0.3, -0.25) is 4.79 Å². The van der Waals surface area contributed by atoms with Crippen molar-refractivity contribution in [2.24, 2.45) is 0 Å². The Morgan fingerprint density at radius 1 is 1.00 bits per heavy atom. The van der Waals surface area contributed by atoms with Gasteiger partial charge in [-0.1, -0.05) is 22.9 Å². The van der Waals surface area contributed by atoms with Crippen LogP contribution in [0.15, 0.2) is 33.5 Å². The Morgan fingerprint density at radius 3 is 2.43 bits per heavy atom. The number of benzene rings is 2. The first-order valence-electron chi connectivity index (χ1n) is 7.77. The zero-order valence-electron chi connectivity index (χ0n) is 13.3. The van der Waals surface area contributed by atoms with E-state index in [-0.39, 0.29) is 5.43 Å². The Kier molecular flexibility index (Phi) is 3.13. The molecule has 0 amide bonds. The quantitative estimate of drug-likeness (QED) is 0.482. The summed E-state index contributed by atoms with van der Waals surface area (Å²) in [5.41, 5.74) is 6.31. The summed E-state index contributed by atoms with van der Waals surface area (Å²) in [6, 6.07) is 7.96. The zero-order chi connectivity index (χ0) is 16.3. The number of nitrogens with one attached hydrogen (secondary N) is 2. The van der Waals surface area contributed by atoms with Crippen molar-refractivity contribution in [3.63, 3.8) is 0 Å². The molecule has 23 heavy (non-hydrogen) atoms. The molecule has 116 valence electrons. The molecule has 2 aromatic carbocycles. The lowest BCUT2D eigenvalue weighted by Crippen LogP contribution is -2.07. The number of aromatic amines is 2. The molecule has 0 unspecified atom stereocenters. The number of H-pyrrole nitrogens is 2. The Bertz CT molecular complexity index is 1150. The fourth-order valence-electron chi connectivity index (χ4n) is 3.54. The van der Waals surface area contributed by atoms with E-state index < -0.39 is 0 Å². The maximum Gasteiger partial charge on any atom is 0.190 e. The van der Waals surface area contributed by atoms with Crippen LogP contribution in [0.4, 0.5) is 0 Å². The SMILES string of the molecule is CCc1cc(=O)c2c(C)c3[nH]c4ccc(Br)cc4c3c(C)c2[nH]1. The molecule has 4 aromatic rings. The highest BCUT2D eigenvalue weighted by Crippen LogP contribution is 2.35. The van der Waals surface area contributed by atoms with Gasteiger partial charge in [0.1, 0.15) is 0 Å². The Morgan fingerprint density at radius 2 is 1.70 bits per heavy atom. The predicted molar refractivity (Wildman–Crippen MR) is 100 cm³/mol. The van der Waals surface area contributed by atoms with Gasteiger partial charge in [-0.25, -0.2) is 0 Å². The van der Waals surface area contributed by atoms with Gasteiger partial charge in [0.15, 0.2) is 5.43 Å². The summed E-state index contributed by atoms with van der Waals surface area (Å²) < 4.78 is 1.05. The Hall–Kier alpha value is -2.07. The van der Waals surface area contributed by atoms with Crippen LogP contribution in [0.1, 0.15) is 23.7 Å². The maximum atomic E-state index is 12.6. The van der Waals surface area contributed by atoms with Crippen LogP contribution in [-0.4, -0.2) is 9.97 Å². The summed E-state index contributed by atoms with van der Waals surface area (Å²) >= 11 is 3.56. The number of hydrogen-bond acceptors (Lipinski definition) is 1. The Labute approximate surface area is 141 Å². The van der Waals surface area contributed by atoms with E-state index in [9.17, 15) is 4.79 Å². The van der Waals surface area contributed by atoms with Gasteiger partial charge in [0.2, 0.25) is 0 Å². The monoisotopic (exact) mass is 368 g/mol. The fourth-order valence-corrected chi connectivity index (χ4v) is 3.90. The van der Waals surface area contributed by atoms with Crippen LogP contribution >= 0.6 is 15.9 Å². The minimum Gasteiger partial charge on any atom is -0.358 e. The molecule has 2 aromatic heterocycles. The molecule has 0 radical (unpaired) electrons. The third-order valence-corrected chi connectivity index (χ3v) is 5.22. The third kappa shape index (κ3) is 1.98. The second-order valence-electron chi connectivity index (χ2n) is 6.08. The smallest absolute Gasteiger partial charge is 0.190 e. The average molecular weight is 369 g/mol. The van der Waals surface area contributed by atoms with Crippen molar-refractivity contribution in [1.82, 2.24) is 9.97 Å². The number of fused-ring (bicyclic) bond motifs is 4. The van der Waals surface area contributed by atoms with Gasteiger partial charge in [0, 0.05) is 32.5 Å². The van der Waals surface area contributed by atoms with Crippen LogP contribution < -0.4 is 5.43 Å². The van der Waals surface area contributed by atoms with Crippen LogP contribution in [-0.2, 0) is 6.42 Å². The topological polar surface area (TPSA) is 48.6 Å². The maximum absolute atomic E-state index is 12.6. The molecule has 0 spiro atoms. The van der Waals surface area contributed by atoms with E-state index in [2.05, 4.69) is 51.9 Å². The highest BCUT2D eigenvalue weighted by molar-refractivity contribution is 9.10.